The van der Waals surface area contributed by atoms with E-state index in [1.54, 1.807) is 6.07 Å². The van der Waals surface area contributed by atoms with Gasteiger partial charge in [-0.2, -0.15) is 5.10 Å². The summed E-state index contributed by atoms with van der Waals surface area (Å²) < 4.78 is 6.22. The van der Waals surface area contributed by atoms with Gasteiger partial charge in [-0.3, -0.25) is 0 Å². The lowest BCUT2D eigenvalue weighted by atomic mass is 9.95. The minimum atomic E-state index is -0.140. The Bertz CT molecular complexity index is 846. The maximum absolute atomic E-state index is 6.41. The molecule has 0 spiro atoms. The molecule has 2 atom stereocenters. The van der Waals surface area contributed by atoms with Crippen molar-refractivity contribution in [1.82, 2.24) is 5.01 Å². The molecule has 0 aromatic heterocycles. The largest absolute Gasteiger partial charge is 0.467 e. The van der Waals surface area contributed by atoms with Crippen LogP contribution in [0.5, 0.6) is 5.75 Å². The van der Waals surface area contributed by atoms with Crippen LogP contribution in [0.15, 0.2) is 41.5 Å². The fraction of sp³-hybridized carbons (Fsp3) is 0.350. The number of rotatable bonds is 2. The zero-order valence-electron chi connectivity index (χ0n) is 14.5. The van der Waals surface area contributed by atoms with Gasteiger partial charge < -0.3 is 4.74 Å². The predicted molar refractivity (Wildman–Crippen MR) is 103 cm³/mol. The SMILES string of the molecule is Cc1ccc(C2=NN3[C@H](C2)c2cc(Cl)cc(Cl)c2O[C@H]3C(C)C)cc1. The van der Waals surface area contributed by atoms with Crippen LogP contribution >= 0.6 is 23.2 Å². The van der Waals surface area contributed by atoms with Gasteiger partial charge in [0, 0.05) is 22.9 Å². The van der Waals surface area contributed by atoms with E-state index in [0.29, 0.717) is 10.0 Å². The second-order valence-corrected chi connectivity index (χ2v) is 7.91. The second-order valence-electron chi connectivity index (χ2n) is 7.07. The van der Waals surface area contributed by atoms with Crippen LogP contribution < -0.4 is 4.74 Å². The average Bonchev–Trinajstić information content (AvgIpc) is 3.00. The van der Waals surface area contributed by atoms with Crippen molar-refractivity contribution < 1.29 is 4.74 Å². The monoisotopic (exact) mass is 374 g/mol. The van der Waals surface area contributed by atoms with Gasteiger partial charge in [0.1, 0.15) is 5.75 Å². The molecule has 5 heteroatoms. The maximum atomic E-state index is 6.41. The highest BCUT2D eigenvalue weighted by molar-refractivity contribution is 6.35. The van der Waals surface area contributed by atoms with Crippen molar-refractivity contribution in [3.8, 4) is 5.75 Å². The van der Waals surface area contributed by atoms with Crippen LogP contribution in [0.1, 0.15) is 43.0 Å². The van der Waals surface area contributed by atoms with Crippen molar-refractivity contribution in [3.63, 3.8) is 0 Å². The van der Waals surface area contributed by atoms with E-state index in [2.05, 4.69) is 50.0 Å². The number of benzene rings is 2. The number of ether oxygens (including phenoxy) is 1. The van der Waals surface area contributed by atoms with Gasteiger partial charge in [-0.25, -0.2) is 5.01 Å². The van der Waals surface area contributed by atoms with E-state index in [1.165, 1.54) is 5.56 Å². The minimum Gasteiger partial charge on any atom is -0.467 e. The third-order valence-corrected chi connectivity index (χ3v) is 5.29. The molecule has 0 bridgehead atoms. The minimum absolute atomic E-state index is 0.101. The molecule has 0 saturated carbocycles. The average molecular weight is 375 g/mol. The van der Waals surface area contributed by atoms with Crippen LogP contribution in [0.2, 0.25) is 10.0 Å². The highest BCUT2D eigenvalue weighted by Gasteiger charge is 2.42. The Labute approximate surface area is 158 Å². The van der Waals surface area contributed by atoms with Gasteiger partial charge >= 0.3 is 0 Å². The van der Waals surface area contributed by atoms with E-state index in [-0.39, 0.29) is 18.2 Å². The Balaban J connectivity index is 1.78. The van der Waals surface area contributed by atoms with Crippen molar-refractivity contribution in [2.45, 2.75) is 39.5 Å². The molecule has 0 amide bonds. The molecule has 2 aliphatic rings. The lowest BCUT2D eigenvalue weighted by Gasteiger charge is -2.40. The third kappa shape index (κ3) is 2.90. The molecule has 0 radical (unpaired) electrons. The van der Waals surface area contributed by atoms with Gasteiger partial charge in [-0.1, -0.05) is 66.9 Å². The van der Waals surface area contributed by atoms with Crippen LogP contribution in [0.25, 0.3) is 0 Å². The van der Waals surface area contributed by atoms with Crippen LogP contribution in [-0.4, -0.2) is 16.9 Å². The summed E-state index contributed by atoms with van der Waals surface area (Å²) in [5.41, 5.74) is 4.48. The van der Waals surface area contributed by atoms with Gasteiger partial charge in [-0.05, 0) is 24.6 Å². The molecule has 4 rings (SSSR count). The molecule has 3 nitrogen and oxygen atoms in total. The quantitative estimate of drug-likeness (QED) is 0.660. The first kappa shape index (κ1) is 16.7. The summed E-state index contributed by atoms with van der Waals surface area (Å²) in [7, 11) is 0. The standard InChI is InChI=1S/C20H20Cl2N2O/c1-11(2)20-24-18(15-8-14(21)9-16(22)19(15)25-20)10-17(23-24)13-6-4-12(3)5-7-13/h4-9,11,18,20H,10H2,1-3H3/t18-,20+/m1/s1. The van der Waals surface area contributed by atoms with Crippen LogP contribution in [0.3, 0.4) is 0 Å². The first-order chi connectivity index (χ1) is 11.9. The van der Waals surface area contributed by atoms with Gasteiger partial charge in [0.2, 0.25) is 0 Å². The van der Waals surface area contributed by atoms with Gasteiger partial charge in [-0.15, -0.1) is 0 Å². The first-order valence-corrected chi connectivity index (χ1v) is 9.28. The van der Waals surface area contributed by atoms with E-state index >= 15 is 0 Å². The van der Waals surface area contributed by atoms with E-state index in [4.69, 9.17) is 33.0 Å². The number of hydrogen-bond donors (Lipinski definition) is 0. The number of hydrogen-bond acceptors (Lipinski definition) is 3. The van der Waals surface area contributed by atoms with E-state index < -0.39 is 0 Å². The van der Waals surface area contributed by atoms with Crippen molar-refractivity contribution in [3.05, 3.63) is 63.1 Å². The molecular weight excluding hydrogens is 355 g/mol. The molecule has 2 aromatic rings. The summed E-state index contributed by atoms with van der Waals surface area (Å²) in [6, 6.07) is 12.3. The van der Waals surface area contributed by atoms with Crippen LogP contribution in [-0.2, 0) is 0 Å². The molecule has 2 aromatic carbocycles. The lowest BCUT2D eigenvalue weighted by molar-refractivity contribution is -0.0460. The summed E-state index contributed by atoms with van der Waals surface area (Å²) in [5, 5.41) is 8.18. The van der Waals surface area contributed by atoms with Gasteiger partial charge in [0.25, 0.3) is 0 Å². The maximum Gasteiger partial charge on any atom is 0.190 e. The molecule has 0 aliphatic carbocycles. The predicted octanol–water partition coefficient (Wildman–Crippen LogP) is 5.83. The second kappa shape index (κ2) is 6.22. The van der Waals surface area contributed by atoms with E-state index in [0.717, 1.165) is 29.0 Å². The molecule has 0 unspecified atom stereocenters. The van der Waals surface area contributed by atoms with E-state index in [1.807, 2.05) is 6.07 Å². The lowest BCUT2D eigenvalue weighted by Crippen LogP contribution is -2.43. The highest BCUT2D eigenvalue weighted by Crippen LogP contribution is 2.48. The Morgan fingerprint density at radius 2 is 1.88 bits per heavy atom. The Hall–Kier alpha value is -1.71. The molecule has 25 heavy (non-hydrogen) atoms. The van der Waals surface area contributed by atoms with Crippen molar-refractivity contribution in [1.29, 1.82) is 0 Å². The fourth-order valence-corrected chi connectivity index (χ4v) is 4.06. The molecule has 0 N–H and O–H groups in total. The summed E-state index contributed by atoms with van der Waals surface area (Å²) in [5.74, 6) is 1.02. The van der Waals surface area contributed by atoms with Crippen molar-refractivity contribution >= 4 is 28.9 Å². The molecule has 0 saturated heterocycles. The number of fused-ring (bicyclic) bond motifs is 3. The van der Waals surface area contributed by atoms with Crippen molar-refractivity contribution in [2.24, 2.45) is 11.0 Å². The number of hydrazone groups is 1. The Kier molecular flexibility index (Phi) is 4.17. The smallest absolute Gasteiger partial charge is 0.190 e. The van der Waals surface area contributed by atoms with Crippen LogP contribution in [0.4, 0.5) is 0 Å². The fourth-order valence-electron chi connectivity index (χ4n) is 3.50. The molecule has 2 aliphatic heterocycles. The van der Waals surface area contributed by atoms with Crippen molar-refractivity contribution in [2.75, 3.05) is 0 Å². The Morgan fingerprint density at radius 3 is 2.56 bits per heavy atom. The summed E-state index contributed by atoms with van der Waals surface area (Å²) >= 11 is 12.7. The highest BCUT2D eigenvalue weighted by atomic mass is 35.5. The molecule has 2 heterocycles. The summed E-state index contributed by atoms with van der Waals surface area (Å²) in [4.78, 5) is 0. The molecule has 0 fully saturated rings. The molecule has 130 valence electrons. The van der Waals surface area contributed by atoms with Crippen LogP contribution in [0, 0.1) is 12.8 Å². The summed E-state index contributed by atoms with van der Waals surface area (Å²) in [6.45, 7) is 6.36. The first-order valence-electron chi connectivity index (χ1n) is 8.52. The zero-order valence-corrected chi connectivity index (χ0v) is 16.0. The zero-order chi connectivity index (χ0) is 17.7. The van der Waals surface area contributed by atoms with E-state index in [9.17, 15) is 0 Å². The van der Waals surface area contributed by atoms with Gasteiger partial charge in [0.05, 0.1) is 16.8 Å². The third-order valence-electron chi connectivity index (χ3n) is 4.79. The topological polar surface area (TPSA) is 24.8 Å². The number of halogens is 2. The molecular formula is C20H20Cl2N2O. The normalized spacial score (nSPS) is 21.7. The number of aryl methyl sites for hydroxylation is 1. The Morgan fingerprint density at radius 1 is 1.16 bits per heavy atom. The number of nitrogens with zero attached hydrogens (tertiary/aromatic N) is 2. The van der Waals surface area contributed by atoms with Gasteiger partial charge in [0.15, 0.2) is 6.23 Å². The summed E-state index contributed by atoms with van der Waals surface area (Å²) in [6.07, 6.45) is 0.679.